The van der Waals surface area contributed by atoms with Gasteiger partial charge in [-0.05, 0) is 65.7 Å². The molecule has 1 aromatic carbocycles. The van der Waals surface area contributed by atoms with Crippen molar-refractivity contribution in [2.24, 2.45) is 5.92 Å². The van der Waals surface area contributed by atoms with Gasteiger partial charge in [0.2, 0.25) is 0 Å². The van der Waals surface area contributed by atoms with Crippen molar-refractivity contribution in [3.8, 4) is 0 Å². The molecule has 0 unspecified atom stereocenters. The van der Waals surface area contributed by atoms with Gasteiger partial charge in [0.1, 0.15) is 0 Å². The summed E-state index contributed by atoms with van der Waals surface area (Å²) >= 11 is 2.26. The molecule has 20 heavy (non-hydrogen) atoms. The van der Waals surface area contributed by atoms with Crippen molar-refractivity contribution >= 4 is 28.5 Å². The van der Waals surface area contributed by atoms with Crippen molar-refractivity contribution in [3.05, 3.63) is 33.4 Å². The Balaban J connectivity index is 1.84. The molecule has 2 rings (SSSR count). The summed E-state index contributed by atoms with van der Waals surface area (Å²) in [7, 11) is 0. The second-order valence-electron chi connectivity index (χ2n) is 5.82. The van der Waals surface area contributed by atoms with Crippen molar-refractivity contribution < 1.29 is 4.79 Å². The van der Waals surface area contributed by atoms with Gasteiger partial charge in [-0.1, -0.05) is 13.8 Å². The van der Waals surface area contributed by atoms with Crippen molar-refractivity contribution in [3.63, 3.8) is 0 Å². The van der Waals surface area contributed by atoms with Gasteiger partial charge in [0.05, 0.1) is 0 Å². The van der Waals surface area contributed by atoms with E-state index in [1.165, 1.54) is 6.42 Å². The number of hydrogen-bond donors (Lipinski definition) is 0. The molecular weight excluding hydrogens is 363 g/mol. The van der Waals surface area contributed by atoms with Crippen LogP contribution in [0, 0.1) is 9.49 Å². The van der Waals surface area contributed by atoms with Crippen molar-refractivity contribution in [2.45, 2.75) is 20.3 Å². The molecule has 110 valence electrons. The van der Waals surface area contributed by atoms with Crippen LogP contribution in [0.1, 0.15) is 30.6 Å². The normalized spacial score (nSPS) is 16.7. The van der Waals surface area contributed by atoms with Gasteiger partial charge in [0.25, 0.3) is 5.91 Å². The zero-order valence-corrected chi connectivity index (χ0v) is 14.5. The molecule has 1 aliphatic rings. The Morgan fingerprint density at radius 3 is 2.30 bits per heavy atom. The molecule has 0 N–H and O–H groups in total. The molecule has 4 heteroatoms. The molecule has 1 saturated heterocycles. The summed E-state index contributed by atoms with van der Waals surface area (Å²) in [6, 6.07) is 7.84. The summed E-state index contributed by atoms with van der Waals surface area (Å²) in [5.74, 6) is 0.923. The van der Waals surface area contributed by atoms with E-state index in [0.717, 1.165) is 47.8 Å². The maximum Gasteiger partial charge on any atom is 0.253 e. The Bertz CT molecular complexity index is 436. The first-order chi connectivity index (χ1) is 9.56. The first-order valence-electron chi connectivity index (χ1n) is 7.33. The van der Waals surface area contributed by atoms with Gasteiger partial charge in [-0.15, -0.1) is 0 Å². The molecule has 0 bridgehead atoms. The first kappa shape index (κ1) is 15.8. The standard InChI is InChI=1S/C16H23IN2O/c1-13(2)7-8-18-9-11-19(12-10-18)16(20)14-3-5-15(17)6-4-14/h3-6,13H,7-12H2,1-2H3. The molecular formula is C16H23IN2O. The molecule has 1 heterocycles. The highest BCUT2D eigenvalue weighted by Gasteiger charge is 2.21. The van der Waals surface area contributed by atoms with E-state index in [1.54, 1.807) is 0 Å². The van der Waals surface area contributed by atoms with E-state index < -0.39 is 0 Å². The van der Waals surface area contributed by atoms with Crippen LogP contribution in [0.3, 0.4) is 0 Å². The number of piperazine rings is 1. The molecule has 3 nitrogen and oxygen atoms in total. The van der Waals surface area contributed by atoms with Crippen LogP contribution in [0.5, 0.6) is 0 Å². The van der Waals surface area contributed by atoms with Crippen molar-refractivity contribution in [2.75, 3.05) is 32.7 Å². The molecule has 0 spiro atoms. The second-order valence-corrected chi connectivity index (χ2v) is 7.07. The van der Waals surface area contributed by atoms with Crippen LogP contribution in [0.2, 0.25) is 0 Å². The topological polar surface area (TPSA) is 23.6 Å². The van der Waals surface area contributed by atoms with Gasteiger partial charge < -0.3 is 4.90 Å². The second kappa shape index (κ2) is 7.41. The molecule has 0 atom stereocenters. The maximum absolute atomic E-state index is 12.4. The van der Waals surface area contributed by atoms with Gasteiger partial charge in [-0.25, -0.2) is 0 Å². The van der Waals surface area contributed by atoms with Gasteiger partial charge >= 0.3 is 0 Å². The van der Waals surface area contributed by atoms with Crippen LogP contribution in [0.25, 0.3) is 0 Å². The van der Waals surface area contributed by atoms with Crippen molar-refractivity contribution in [1.29, 1.82) is 0 Å². The quantitative estimate of drug-likeness (QED) is 0.743. The predicted octanol–water partition coefficient (Wildman–Crippen LogP) is 3.10. The number of amides is 1. The number of carbonyl (C=O) groups is 1. The lowest BCUT2D eigenvalue weighted by atomic mass is 10.1. The number of hydrogen-bond acceptors (Lipinski definition) is 2. The summed E-state index contributed by atoms with van der Waals surface area (Å²) in [5, 5.41) is 0. The minimum Gasteiger partial charge on any atom is -0.336 e. The van der Waals surface area contributed by atoms with Crippen LogP contribution in [-0.4, -0.2) is 48.4 Å². The Morgan fingerprint density at radius 1 is 1.15 bits per heavy atom. The Kier molecular flexibility index (Phi) is 5.84. The highest BCUT2D eigenvalue weighted by molar-refractivity contribution is 14.1. The number of nitrogens with zero attached hydrogens (tertiary/aromatic N) is 2. The van der Waals surface area contributed by atoms with Crippen LogP contribution in [0.15, 0.2) is 24.3 Å². The van der Waals surface area contributed by atoms with Crippen molar-refractivity contribution in [1.82, 2.24) is 9.80 Å². The zero-order chi connectivity index (χ0) is 14.5. The van der Waals surface area contributed by atoms with Crippen LogP contribution in [0.4, 0.5) is 0 Å². The number of rotatable bonds is 4. The monoisotopic (exact) mass is 386 g/mol. The van der Waals surface area contributed by atoms with E-state index in [9.17, 15) is 4.79 Å². The lowest BCUT2D eigenvalue weighted by Crippen LogP contribution is -2.49. The molecule has 0 aromatic heterocycles. The average molecular weight is 386 g/mol. The maximum atomic E-state index is 12.4. The number of halogens is 1. The van der Waals surface area contributed by atoms with Gasteiger partial charge in [-0.2, -0.15) is 0 Å². The SMILES string of the molecule is CC(C)CCN1CCN(C(=O)c2ccc(I)cc2)CC1. The molecule has 1 amide bonds. The Morgan fingerprint density at radius 2 is 1.75 bits per heavy atom. The number of carbonyl (C=O) groups excluding carboxylic acids is 1. The van der Waals surface area contributed by atoms with E-state index in [-0.39, 0.29) is 5.91 Å². The third-order valence-electron chi connectivity index (χ3n) is 3.77. The third-order valence-corrected chi connectivity index (χ3v) is 4.49. The minimum absolute atomic E-state index is 0.171. The molecule has 0 aliphatic carbocycles. The fourth-order valence-electron chi connectivity index (χ4n) is 2.39. The Labute approximate surface area is 135 Å². The molecule has 1 aromatic rings. The predicted molar refractivity (Wildman–Crippen MR) is 91.0 cm³/mol. The highest BCUT2D eigenvalue weighted by Crippen LogP contribution is 2.12. The molecule has 0 radical (unpaired) electrons. The van der Waals surface area contributed by atoms with Gasteiger partial charge in [0, 0.05) is 35.3 Å². The fourth-order valence-corrected chi connectivity index (χ4v) is 2.75. The van der Waals surface area contributed by atoms with Gasteiger partial charge in [-0.3, -0.25) is 9.69 Å². The first-order valence-corrected chi connectivity index (χ1v) is 8.41. The zero-order valence-electron chi connectivity index (χ0n) is 12.3. The average Bonchev–Trinajstić information content (AvgIpc) is 2.46. The Hall–Kier alpha value is -0.620. The molecule has 1 fully saturated rings. The van der Waals surface area contributed by atoms with Crippen LogP contribution in [-0.2, 0) is 0 Å². The van der Waals surface area contributed by atoms with E-state index >= 15 is 0 Å². The summed E-state index contributed by atoms with van der Waals surface area (Å²) < 4.78 is 1.16. The van der Waals surface area contributed by atoms with Crippen LogP contribution < -0.4 is 0 Å². The third kappa shape index (κ3) is 4.45. The minimum atomic E-state index is 0.171. The highest BCUT2D eigenvalue weighted by atomic mass is 127. The summed E-state index contributed by atoms with van der Waals surface area (Å²) in [5.41, 5.74) is 0.807. The molecule has 1 aliphatic heterocycles. The summed E-state index contributed by atoms with van der Waals surface area (Å²) in [6.07, 6.45) is 1.24. The lowest BCUT2D eigenvalue weighted by Gasteiger charge is -2.35. The fraction of sp³-hybridized carbons (Fsp3) is 0.562. The van der Waals surface area contributed by atoms with E-state index in [4.69, 9.17) is 0 Å². The van der Waals surface area contributed by atoms with E-state index in [1.807, 2.05) is 29.2 Å². The smallest absolute Gasteiger partial charge is 0.253 e. The van der Waals surface area contributed by atoms with E-state index in [2.05, 4.69) is 41.3 Å². The lowest BCUT2D eigenvalue weighted by molar-refractivity contribution is 0.0632. The summed E-state index contributed by atoms with van der Waals surface area (Å²) in [4.78, 5) is 16.8. The largest absolute Gasteiger partial charge is 0.336 e. The number of benzene rings is 1. The van der Waals surface area contributed by atoms with E-state index in [0.29, 0.717) is 0 Å². The van der Waals surface area contributed by atoms with Crippen LogP contribution >= 0.6 is 22.6 Å². The molecule has 0 saturated carbocycles. The van der Waals surface area contributed by atoms with Gasteiger partial charge in [0.15, 0.2) is 0 Å². The summed E-state index contributed by atoms with van der Waals surface area (Å²) in [6.45, 7) is 9.38.